The number of nitrogens with zero attached hydrogens (tertiary/aromatic N) is 3. The van der Waals surface area contributed by atoms with Crippen LogP contribution in [-0.4, -0.2) is 47.9 Å². The molecular formula is C18H24N4O3. The first-order valence-electron chi connectivity index (χ1n) is 8.63. The zero-order chi connectivity index (χ0) is 17.6. The average molecular weight is 344 g/mol. The first-order valence-corrected chi connectivity index (χ1v) is 8.63. The SMILES string of the molecule is COCCCNC(=O)N1CCC[C@@H]1c1nc(-c2cccc(C)c2)no1. The lowest BCUT2D eigenvalue weighted by molar-refractivity contribution is 0.174. The van der Waals surface area contributed by atoms with Crippen molar-refractivity contribution in [1.82, 2.24) is 20.4 Å². The highest BCUT2D eigenvalue weighted by molar-refractivity contribution is 5.74. The lowest BCUT2D eigenvalue weighted by Crippen LogP contribution is -2.40. The zero-order valence-corrected chi connectivity index (χ0v) is 14.7. The summed E-state index contributed by atoms with van der Waals surface area (Å²) in [6, 6.07) is 7.72. The van der Waals surface area contributed by atoms with Gasteiger partial charge in [0.15, 0.2) is 0 Å². The molecule has 2 heterocycles. The van der Waals surface area contributed by atoms with Gasteiger partial charge in [0.25, 0.3) is 0 Å². The number of rotatable bonds is 6. The molecule has 0 aliphatic carbocycles. The molecule has 0 unspecified atom stereocenters. The van der Waals surface area contributed by atoms with Crippen molar-refractivity contribution in [3.05, 3.63) is 35.7 Å². The van der Waals surface area contributed by atoms with E-state index < -0.39 is 0 Å². The number of aryl methyl sites for hydroxylation is 1. The molecule has 1 aromatic carbocycles. The molecule has 1 aliphatic heterocycles. The molecular weight excluding hydrogens is 320 g/mol. The van der Waals surface area contributed by atoms with Crippen LogP contribution in [0.25, 0.3) is 11.4 Å². The number of nitrogens with one attached hydrogen (secondary N) is 1. The third-order valence-corrected chi connectivity index (χ3v) is 4.32. The summed E-state index contributed by atoms with van der Waals surface area (Å²) in [6.07, 6.45) is 2.55. The summed E-state index contributed by atoms with van der Waals surface area (Å²) >= 11 is 0. The molecule has 1 N–H and O–H groups in total. The number of carbonyl (C=O) groups excluding carboxylic acids is 1. The van der Waals surface area contributed by atoms with Gasteiger partial charge in [0.2, 0.25) is 11.7 Å². The van der Waals surface area contributed by atoms with Crippen LogP contribution in [0.5, 0.6) is 0 Å². The minimum atomic E-state index is -0.159. The number of urea groups is 1. The third-order valence-electron chi connectivity index (χ3n) is 4.32. The van der Waals surface area contributed by atoms with Gasteiger partial charge in [-0.05, 0) is 32.3 Å². The first kappa shape index (κ1) is 17.4. The Kier molecular flexibility index (Phi) is 5.65. The Morgan fingerprint density at radius 1 is 1.48 bits per heavy atom. The molecule has 1 fully saturated rings. The van der Waals surface area contributed by atoms with Crippen LogP contribution in [0, 0.1) is 6.92 Å². The van der Waals surface area contributed by atoms with Crippen LogP contribution < -0.4 is 5.32 Å². The average Bonchev–Trinajstić information content (AvgIpc) is 3.27. The largest absolute Gasteiger partial charge is 0.385 e. The van der Waals surface area contributed by atoms with Gasteiger partial charge in [0, 0.05) is 32.4 Å². The van der Waals surface area contributed by atoms with Gasteiger partial charge in [-0.2, -0.15) is 4.98 Å². The normalized spacial score (nSPS) is 17.0. The maximum absolute atomic E-state index is 12.4. The van der Waals surface area contributed by atoms with E-state index in [1.165, 1.54) is 0 Å². The quantitative estimate of drug-likeness (QED) is 0.815. The second kappa shape index (κ2) is 8.11. The fourth-order valence-electron chi connectivity index (χ4n) is 3.05. The monoisotopic (exact) mass is 344 g/mol. The van der Waals surface area contributed by atoms with Crippen LogP contribution in [-0.2, 0) is 4.74 Å². The van der Waals surface area contributed by atoms with Gasteiger partial charge < -0.3 is 19.5 Å². The van der Waals surface area contributed by atoms with Gasteiger partial charge in [-0.15, -0.1) is 0 Å². The Morgan fingerprint density at radius 2 is 2.36 bits per heavy atom. The number of amides is 2. The van der Waals surface area contributed by atoms with Crippen molar-refractivity contribution in [3.8, 4) is 11.4 Å². The molecule has 1 saturated heterocycles. The second-order valence-corrected chi connectivity index (χ2v) is 6.26. The summed E-state index contributed by atoms with van der Waals surface area (Å²) in [5, 5.41) is 7.01. The molecule has 1 aromatic heterocycles. The van der Waals surface area contributed by atoms with Crippen LogP contribution in [0.2, 0.25) is 0 Å². The Balaban J connectivity index is 1.67. The van der Waals surface area contributed by atoms with Crippen molar-refractivity contribution in [2.24, 2.45) is 0 Å². The third kappa shape index (κ3) is 4.17. The van der Waals surface area contributed by atoms with Crippen molar-refractivity contribution in [2.75, 3.05) is 26.8 Å². The minimum absolute atomic E-state index is 0.0890. The van der Waals surface area contributed by atoms with Crippen LogP contribution >= 0.6 is 0 Å². The maximum atomic E-state index is 12.4. The lowest BCUT2D eigenvalue weighted by atomic mass is 10.1. The molecule has 1 aliphatic rings. The maximum Gasteiger partial charge on any atom is 0.318 e. The molecule has 0 spiro atoms. The van der Waals surface area contributed by atoms with Crippen molar-refractivity contribution in [2.45, 2.75) is 32.2 Å². The molecule has 3 rings (SSSR count). The predicted octanol–water partition coefficient (Wildman–Crippen LogP) is 2.93. The van der Waals surface area contributed by atoms with Crippen LogP contribution in [0.3, 0.4) is 0 Å². The first-order chi connectivity index (χ1) is 12.2. The number of benzene rings is 1. The molecule has 25 heavy (non-hydrogen) atoms. The topological polar surface area (TPSA) is 80.5 Å². The fourth-order valence-corrected chi connectivity index (χ4v) is 3.05. The number of likely N-dealkylation sites (tertiary alicyclic amines) is 1. The standard InChI is InChI=1S/C18H24N4O3/c1-13-6-3-7-14(12-13)16-20-17(25-21-16)15-8-4-10-22(15)18(23)19-9-5-11-24-2/h3,6-7,12,15H,4-5,8-11H2,1-2H3,(H,19,23)/t15-/m1/s1. The molecule has 2 aromatic rings. The number of carbonyl (C=O) groups is 1. The number of ether oxygens (including phenoxy) is 1. The predicted molar refractivity (Wildman–Crippen MR) is 93.0 cm³/mol. The van der Waals surface area contributed by atoms with Gasteiger partial charge in [0.05, 0.1) is 0 Å². The molecule has 7 heteroatoms. The van der Waals surface area contributed by atoms with E-state index in [9.17, 15) is 4.79 Å². The summed E-state index contributed by atoms with van der Waals surface area (Å²) in [6.45, 7) is 3.95. The van der Waals surface area contributed by atoms with Crippen LogP contribution in [0.15, 0.2) is 28.8 Å². The van der Waals surface area contributed by atoms with E-state index in [4.69, 9.17) is 9.26 Å². The van der Waals surface area contributed by atoms with Crippen molar-refractivity contribution in [3.63, 3.8) is 0 Å². The number of aromatic nitrogens is 2. The number of methoxy groups -OCH3 is 1. The van der Waals surface area contributed by atoms with Crippen molar-refractivity contribution >= 4 is 6.03 Å². The van der Waals surface area contributed by atoms with Gasteiger partial charge in [-0.3, -0.25) is 0 Å². The van der Waals surface area contributed by atoms with E-state index in [0.29, 0.717) is 31.4 Å². The smallest absolute Gasteiger partial charge is 0.318 e. The minimum Gasteiger partial charge on any atom is -0.385 e. The van der Waals surface area contributed by atoms with E-state index in [2.05, 4.69) is 15.5 Å². The molecule has 0 radical (unpaired) electrons. The van der Waals surface area contributed by atoms with Crippen molar-refractivity contribution in [1.29, 1.82) is 0 Å². The second-order valence-electron chi connectivity index (χ2n) is 6.26. The lowest BCUT2D eigenvalue weighted by Gasteiger charge is -2.22. The summed E-state index contributed by atoms with van der Waals surface area (Å²) in [4.78, 5) is 18.7. The number of hydrogen-bond donors (Lipinski definition) is 1. The van der Waals surface area contributed by atoms with Gasteiger partial charge in [0.1, 0.15) is 6.04 Å². The van der Waals surface area contributed by atoms with Gasteiger partial charge in [-0.1, -0.05) is 28.9 Å². The Bertz CT molecular complexity index is 716. The van der Waals surface area contributed by atoms with E-state index in [0.717, 1.165) is 30.4 Å². The zero-order valence-electron chi connectivity index (χ0n) is 14.7. The van der Waals surface area contributed by atoms with E-state index in [1.807, 2.05) is 31.2 Å². The van der Waals surface area contributed by atoms with Crippen LogP contribution in [0.4, 0.5) is 4.79 Å². The van der Waals surface area contributed by atoms with E-state index >= 15 is 0 Å². The summed E-state index contributed by atoms with van der Waals surface area (Å²) in [5.74, 6) is 1.06. The molecule has 0 saturated carbocycles. The summed E-state index contributed by atoms with van der Waals surface area (Å²) in [7, 11) is 1.65. The Morgan fingerprint density at radius 3 is 3.16 bits per heavy atom. The van der Waals surface area contributed by atoms with Gasteiger partial charge in [-0.25, -0.2) is 4.79 Å². The van der Waals surface area contributed by atoms with Crippen LogP contribution in [0.1, 0.15) is 36.8 Å². The molecule has 1 atom stereocenters. The van der Waals surface area contributed by atoms with Crippen molar-refractivity contribution < 1.29 is 14.1 Å². The highest BCUT2D eigenvalue weighted by atomic mass is 16.5. The van der Waals surface area contributed by atoms with E-state index in [1.54, 1.807) is 12.0 Å². The number of hydrogen-bond acceptors (Lipinski definition) is 5. The van der Waals surface area contributed by atoms with Gasteiger partial charge >= 0.3 is 6.03 Å². The summed E-state index contributed by atoms with van der Waals surface area (Å²) < 4.78 is 10.5. The Hall–Kier alpha value is -2.41. The highest BCUT2D eigenvalue weighted by Gasteiger charge is 2.34. The molecule has 0 bridgehead atoms. The Labute approximate surface area is 147 Å². The fraction of sp³-hybridized carbons (Fsp3) is 0.500. The molecule has 2 amide bonds. The highest BCUT2D eigenvalue weighted by Crippen LogP contribution is 2.32. The summed E-state index contributed by atoms with van der Waals surface area (Å²) in [5.41, 5.74) is 2.06. The van der Waals surface area contributed by atoms with E-state index in [-0.39, 0.29) is 12.1 Å². The molecule has 134 valence electrons. The molecule has 7 nitrogen and oxygen atoms in total.